The third-order valence-electron chi connectivity index (χ3n) is 4.58. The van der Waals surface area contributed by atoms with E-state index >= 15 is 0 Å². The fourth-order valence-electron chi connectivity index (χ4n) is 3.00. The number of anilines is 1. The van der Waals surface area contributed by atoms with Crippen LogP contribution in [0, 0.1) is 12.7 Å². The summed E-state index contributed by atoms with van der Waals surface area (Å²) in [6.45, 7) is 3.06. The highest BCUT2D eigenvalue weighted by molar-refractivity contribution is 9.10. The Balaban J connectivity index is 1.56. The van der Waals surface area contributed by atoms with Gasteiger partial charge in [-0.25, -0.2) is 12.8 Å². The topological polar surface area (TPSA) is 69.7 Å². The van der Waals surface area contributed by atoms with Gasteiger partial charge in [-0.3, -0.25) is 4.79 Å². The Hall–Kier alpha value is -1.97. The van der Waals surface area contributed by atoms with Gasteiger partial charge in [0.15, 0.2) is 0 Å². The Bertz CT molecular complexity index is 976. The highest BCUT2D eigenvalue weighted by Crippen LogP contribution is 2.23. The van der Waals surface area contributed by atoms with E-state index in [0.717, 1.165) is 21.8 Å². The molecule has 6 nitrogen and oxygen atoms in total. The summed E-state index contributed by atoms with van der Waals surface area (Å²) in [7, 11) is -3.77. The first-order valence-corrected chi connectivity index (χ1v) is 11.0. The van der Waals surface area contributed by atoms with Crippen LogP contribution in [-0.2, 0) is 14.8 Å². The number of nitrogens with one attached hydrogen (secondary N) is 1. The van der Waals surface area contributed by atoms with Crippen LogP contribution in [0.25, 0.3) is 0 Å². The Kier molecular flexibility index (Phi) is 6.36. The van der Waals surface area contributed by atoms with Crippen LogP contribution in [0.1, 0.15) is 5.56 Å². The summed E-state index contributed by atoms with van der Waals surface area (Å²) < 4.78 is 40.8. The zero-order valence-corrected chi connectivity index (χ0v) is 17.8. The lowest BCUT2D eigenvalue weighted by atomic mass is 10.2. The predicted molar refractivity (Wildman–Crippen MR) is 109 cm³/mol. The molecule has 0 saturated carbocycles. The molecule has 0 atom stereocenters. The second kappa shape index (κ2) is 8.59. The van der Waals surface area contributed by atoms with Gasteiger partial charge < -0.3 is 10.2 Å². The molecule has 0 radical (unpaired) electrons. The lowest BCUT2D eigenvalue weighted by Gasteiger charge is -2.34. The first-order valence-electron chi connectivity index (χ1n) is 8.81. The Morgan fingerprint density at radius 2 is 1.86 bits per heavy atom. The minimum atomic E-state index is -3.77. The van der Waals surface area contributed by atoms with Crippen molar-refractivity contribution in [1.29, 1.82) is 0 Å². The maximum absolute atomic E-state index is 13.4. The van der Waals surface area contributed by atoms with E-state index in [9.17, 15) is 17.6 Å². The summed E-state index contributed by atoms with van der Waals surface area (Å²) in [5, 5.41) is 3.10. The molecule has 1 saturated heterocycles. The predicted octanol–water partition coefficient (Wildman–Crippen LogP) is 2.84. The molecule has 150 valence electrons. The van der Waals surface area contributed by atoms with Gasteiger partial charge in [0.25, 0.3) is 0 Å². The van der Waals surface area contributed by atoms with Crippen molar-refractivity contribution in [3.05, 3.63) is 58.3 Å². The summed E-state index contributed by atoms with van der Waals surface area (Å²) in [6.07, 6.45) is 0. The third kappa shape index (κ3) is 4.71. The van der Waals surface area contributed by atoms with Gasteiger partial charge in [-0.1, -0.05) is 12.1 Å². The number of amides is 1. The molecule has 0 spiro atoms. The van der Waals surface area contributed by atoms with Crippen molar-refractivity contribution < 1.29 is 17.6 Å². The maximum Gasteiger partial charge on any atom is 0.243 e. The number of piperazine rings is 1. The summed E-state index contributed by atoms with van der Waals surface area (Å²) in [5.74, 6) is -0.696. The molecular weight excluding hydrogens is 449 g/mol. The summed E-state index contributed by atoms with van der Waals surface area (Å²) in [6, 6.07) is 10.8. The second-order valence-electron chi connectivity index (χ2n) is 6.58. The van der Waals surface area contributed by atoms with E-state index in [0.29, 0.717) is 13.1 Å². The average Bonchev–Trinajstić information content (AvgIpc) is 2.67. The van der Waals surface area contributed by atoms with Crippen molar-refractivity contribution >= 4 is 37.5 Å². The molecule has 0 aromatic heterocycles. The number of rotatable bonds is 5. The van der Waals surface area contributed by atoms with E-state index in [2.05, 4.69) is 21.2 Å². The van der Waals surface area contributed by atoms with E-state index in [1.807, 2.05) is 25.1 Å². The molecular formula is C19H21BrFN3O3S. The maximum atomic E-state index is 13.4. The Morgan fingerprint density at radius 3 is 2.50 bits per heavy atom. The summed E-state index contributed by atoms with van der Waals surface area (Å²) >= 11 is 3.46. The van der Waals surface area contributed by atoms with Gasteiger partial charge in [-0.2, -0.15) is 4.31 Å². The molecule has 1 amide bonds. The summed E-state index contributed by atoms with van der Waals surface area (Å²) in [4.78, 5) is 14.0. The van der Waals surface area contributed by atoms with Gasteiger partial charge in [0, 0.05) is 36.3 Å². The van der Waals surface area contributed by atoms with Crippen LogP contribution in [0.3, 0.4) is 0 Å². The third-order valence-corrected chi connectivity index (χ3v) is 7.13. The van der Waals surface area contributed by atoms with Crippen LogP contribution < -0.4 is 5.32 Å². The van der Waals surface area contributed by atoms with Gasteiger partial charge in [0.2, 0.25) is 15.9 Å². The van der Waals surface area contributed by atoms with Crippen molar-refractivity contribution in [1.82, 2.24) is 9.21 Å². The largest absolute Gasteiger partial charge is 0.375 e. The van der Waals surface area contributed by atoms with Gasteiger partial charge in [-0.15, -0.1) is 0 Å². The highest BCUT2D eigenvalue weighted by Gasteiger charge is 2.30. The number of benzene rings is 2. The molecule has 0 aliphatic carbocycles. The summed E-state index contributed by atoms with van der Waals surface area (Å²) in [5.41, 5.74) is 1.94. The molecule has 1 aliphatic heterocycles. The van der Waals surface area contributed by atoms with Crippen LogP contribution in [0.2, 0.25) is 0 Å². The van der Waals surface area contributed by atoms with E-state index in [1.54, 1.807) is 4.90 Å². The van der Waals surface area contributed by atoms with Crippen molar-refractivity contribution in [2.45, 2.75) is 11.8 Å². The molecule has 3 rings (SSSR count). The van der Waals surface area contributed by atoms with Crippen molar-refractivity contribution in [3.8, 4) is 0 Å². The fraction of sp³-hybridized carbons (Fsp3) is 0.316. The zero-order valence-electron chi connectivity index (χ0n) is 15.4. The first kappa shape index (κ1) is 20.8. The quantitative estimate of drug-likeness (QED) is 0.730. The molecule has 9 heteroatoms. The van der Waals surface area contributed by atoms with Crippen molar-refractivity contribution in [2.75, 3.05) is 38.0 Å². The number of hydrogen-bond acceptors (Lipinski definition) is 4. The van der Waals surface area contributed by atoms with Crippen LogP contribution in [0.5, 0.6) is 0 Å². The molecule has 28 heavy (non-hydrogen) atoms. The number of carbonyl (C=O) groups excluding carboxylic acids is 1. The minimum absolute atomic E-state index is 0.0711. The average molecular weight is 470 g/mol. The SMILES string of the molecule is Cc1ccc(NCC(=O)N2CCN(S(=O)(=O)c3cccc(F)c3)CC2)c(Br)c1. The number of halogens is 2. The standard InChI is InChI=1S/C19H21BrFN3O3S/c1-14-5-6-18(17(20)11-14)22-13-19(25)23-7-9-24(10-8-23)28(26,27)16-4-2-3-15(21)12-16/h2-6,11-12,22H,7-10,13H2,1H3. The first-order chi connectivity index (χ1) is 13.3. The number of nitrogens with zero attached hydrogens (tertiary/aromatic N) is 2. The van der Waals surface area contributed by atoms with Crippen molar-refractivity contribution in [2.24, 2.45) is 0 Å². The molecule has 0 bridgehead atoms. The van der Waals surface area contributed by atoms with Crippen LogP contribution in [-0.4, -0.2) is 56.3 Å². The van der Waals surface area contributed by atoms with E-state index in [-0.39, 0.29) is 30.4 Å². The monoisotopic (exact) mass is 469 g/mol. The number of sulfonamides is 1. The molecule has 1 aliphatic rings. The Morgan fingerprint density at radius 1 is 1.14 bits per heavy atom. The van der Waals surface area contributed by atoms with E-state index in [4.69, 9.17) is 0 Å². The lowest BCUT2D eigenvalue weighted by Crippen LogP contribution is -2.51. The van der Waals surface area contributed by atoms with Gasteiger partial charge >= 0.3 is 0 Å². The molecule has 1 fully saturated rings. The van der Waals surface area contributed by atoms with Gasteiger partial charge in [0.1, 0.15) is 5.82 Å². The van der Waals surface area contributed by atoms with Gasteiger partial charge in [-0.05, 0) is 58.7 Å². The van der Waals surface area contributed by atoms with Crippen LogP contribution in [0.4, 0.5) is 10.1 Å². The van der Waals surface area contributed by atoms with Crippen LogP contribution >= 0.6 is 15.9 Å². The normalized spacial score (nSPS) is 15.5. The molecule has 2 aromatic rings. The number of carbonyl (C=O) groups is 1. The van der Waals surface area contributed by atoms with E-state index in [1.165, 1.54) is 22.5 Å². The molecule has 1 N–H and O–H groups in total. The zero-order chi connectivity index (χ0) is 20.3. The van der Waals surface area contributed by atoms with E-state index < -0.39 is 15.8 Å². The highest BCUT2D eigenvalue weighted by atomic mass is 79.9. The molecule has 0 unspecified atom stereocenters. The van der Waals surface area contributed by atoms with Crippen molar-refractivity contribution in [3.63, 3.8) is 0 Å². The number of aryl methyl sites for hydroxylation is 1. The Labute approximate surface area is 172 Å². The lowest BCUT2D eigenvalue weighted by molar-refractivity contribution is -0.130. The van der Waals surface area contributed by atoms with Crippen LogP contribution in [0.15, 0.2) is 51.8 Å². The second-order valence-corrected chi connectivity index (χ2v) is 9.37. The molecule has 1 heterocycles. The minimum Gasteiger partial charge on any atom is -0.375 e. The smallest absolute Gasteiger partial charge is 0.243 e. The van der Waals surface area contributed by atoms with Gasteiger partial charge in [0.05, 0.1) is 11.4 Å². The fourth-order valence-corrected chi connectivity index (χ4v) is 5.09. The number of hydrogen-bond donors (Lipinski definition) is 1. The molecule has 2 aromatic carbocycles.